The second-order valence-electron chi connectivity index (χ2n) is 9.54. The fraction of sp³-hybridized carbons (Fsp3) is 0.188. The number of carbonyl (C=O) groups is 1. The SMILES string of the molecule is CC1=C(C(=O)OC(C)C)C(c2ccccc2)n2c(sc(=Cc3ccccc3OCc3ccccc3C#N)c2=O)=N1. The molecule has 0 radical (unpaired) electrons. The summed E-state index contributed by atoms with van der Waals surface area (Å²) < 4.78 is 13.7. The van der Waals surface area contributed by atoms with E-state index in [0.29, 0.717) is 37.5 Å². The molecule has 0 fully saturated rings. The summed E-state index contributed by atoms with van der Waals surface area (Å²) in [7, 11) is 0. The van der Waals surface area contributed by atoms with E-state index in [1.165, 1.54) is 11.3 Å². The van der Waals surface area contributed by atoms with Crippen LogP contribution < -0.4 is 19.6 Å². The summed E-state index contributed by atoms with van der Waals surface area (Å²) in [6.45, 7) is 5.56. The molecule has 1 aromatic heterocycles. The Hall–Kier alpha value is -4.74. The first-order chi connectivity index (χ1) is 19.4. The molecule has 40 heavy (non-hydrogen) atoms. The summed E-state index contributed by atoms with van der Waals surface area (Å²) >= 11 is 1.26. The predicted molar refractivity (Wildman–Crippen MR) is 153 cm³/mol. The van der Waals surface area contributed by atoms with Gasteiger partial charge in [-0.3, -0.25) is 9.36 Å². The lowest BCUT2D eigenvalue weighted by Crippen LogP contribution is -2.40. The zero-order chi connectivity index (χ0) is 28.2. The molecular formula is C32H27N3O4S. The number of hydrogen-bond acceptors (Lipinski definition) is 7. The molecule has 0 N–H and O–H groups in total. The highest BCUT2D eigenvalue weighted by Crippen LogP contribution is 2.31. The van der Waals surface area contributed by atoms with Crippen molar-refractivity contribution < 1.29 is 14.3 Å². The Morgan fingerprint density at radius 1 is 1.07 bits per heavy atom. The fourth-order valence-corrected chi connectivity index (χ4v) is 5.63. The standard InChI is InChI=1S/C32H27N3O4S/c1-20(2)39-31(37)28-21(3)34-32-35(29(28)22-11-5-4-6-12-22)30(36)27(40-32)17-23-13-9-10-16-26(23)38-19-25-15-8-7-14-24(25)18-33/h4-17,20,29H,19H2,1-3H3. The number of esters is 1. The third-order valence-electron chi connectivity index (χ3n) is 6.43. The van der Waals surface area contributed by atoms with E-state index < -0.39 is 12.0 Å². The van der Waals surface area contributed by atoms with Gasteiger partial charge in [0.1, 0.15) is 12.4 Å². The van der Waals surface area contributed by atoms with E-state index in [-0.39, 0.29) is 18.3 Å². The van der Waals surface area contributed by atoms with Crippen molar-refractivity contribution in [3.05, 3.63) is 132 Å². The number of nitrogens with zero attached hydrogens (tertiary/aromatic N) is 3. The van der Waals surface area contributed by atoms with E-state index in [9.17, 15) is 14.9 Å². The van der Waals surface area contributed by atoms with Crippen LogP contribution in [0.2, 0.25) is 0 Å². The molecule has 0 bridgehead atoms. The van der Waals surface area contributed by atoms with Gasteiger partial charge in [-0.1, -0.05) is 78.1 Å². The van der Waals surface area contributed by atoms with Gasteiger partial charge in [0.25, 0.3) is 5.56 Å². The maximum absolute atomic E-state index is 13.9. The maximum Gasteiger partial charge on any atom is 0.338 e. The Morgan fingerprint density at radius 2 is 1.77 bits per heavy atom. The topological polar surface area (TPSA) is 93.7 Å². The number of aromatic nitrogens is 1. The van der Waals surface area contributed by atoms with Gasteiger partial charge in [-0.05, 0) is 44.5 Å². The molecule has 2 heterocycles. The number of ether oxygens (including phenoxy) is 2. The van der Waals surface area contributed by atoms with E-state index in [0.717, 1.165) is 11.1 Å². The molecule has 0 aliphatic carbocycles. The Morgan fingerprint density at radius 3 is 2.52 bits per heavy atom. The van der Waals surface area contributed by atoms with Gasteiger partial charge in [0.15, 0.2) is 4.80 Å². The number of para-hydroxylation sites is 1. The van der Waals surface area contributed by atoms with Crippen LogP contribution in [0.4, 0.5) is 0 Å². The van der Waals surface area contributed by atoms with E-state index in [1.807, 2.05) is 72.8 Å². The molecule has 1 unspecified atom stereocenters. The number of allylic oxidation sites excluding steroid dienone is 1. The van der Waals surface area contributed by atoms with Gasteiger partial charge in [0.2, 0.25) is 0 Å². The number of nitriles is 1. The first kappa shape index (κ1) is 26.9. The molecule has 3 aromatic carbocycles. The molecule has 0 saturated heterocycles. The van der Waals surface area contributed by atoms with E-state index in [2.05, 4.69) is 11.1 Å². The van der Waals surface area contributed by atoms with Crippen molar-refractivity contribution in [2.45, 2.75) is 39.5 Å². The zero-order valence-electron chi connectivity index (χ0n) is 22.3. The number of fused-ring (bicyclic) bond motifs is 1. The number of benzene rings is 3. The number of hydrogen-bond donors (Lipinski definition) is 0. The van der Waals surface area contributed by atoms with Crippen LogP contribution in [0.25, 0.3) is 6.08 Å². The largest absolute Gasteiger partial charge is 0.488 e. The van der Waals surface area contributed by atoms with Gasteiger partial charge in [0.05, 0.1) is 39.6 Å². The minimum Gasteiger partial charge on any atom is -0.488 e. The van der Waals surface area contributed by atoms with Crippen LogP contribution >= 0.6 is 11.3 Å². The second kappa shape index (κ2) is 11.6. The van der Waals surface area contributed by atoms with Gasteiger partial charge in [-0.15, -0.1) is 0 Å². The third kappa shape index (κ3) is 5.37. The first-order valence-electron chi connectivity index (χ1n) is 12.9. The van der Waals surface area contributed by atoms with Crippen LogP contribution in [0.5, 0.6) is 5.75 Å². The molecule has 8 heteroatoms. The Kier molecular flexibility index (Phi) is 7.76. The summed E-state index contributed by atoms with van der Waals surface area (Å²) in [5.74, 6) is 0.0915. The average molecular weight is 550 g/mol. The highest BCUT2D eigenvalue weighted by molar-refractivity contribution is 7.07. The summed E-state index contributed by atoms with van der Waals surface area (Å²) in [5, 5.41) is 9.41. The van der Waals surface area contributed by atoms with Crippen LogP contribution in [0.3, 0.4) is 0 Å². The van der Waals surface area contributed by atoms with Crippen molar-refractivity contribution >= 4 is 23.4 Å². The normalized spacial score (nSPS) is 14.9. The highest BCUT2D eigenvalue weighted by atomic mass is 32.1. The van der Waals surface area contributed by atoms with Crippen LogP contribution in [0.1, 0.15) is 49.1 Å². The van der Waals surface area contributed by atoms with E-state index in [4.69, 9.17) is 9.47 Å². The van der Waals surface area contributed by atoms with Crippen molar-refractivity contribution in [3.8, 4) is 11.8 Å². The number of thiazole rings is 1. The highest BCUT2D eigenvalue weighted by Gasteiger charge is 2.33. The van der Waals surface area contributed by atoms with Gasteiger partial charge < -0.3 is 9.47 Å². The summed E-state index contributed by atoms with van der Waals surface area (Å²) in [6.07, 6.45) is 1.47. The molecular weight excluding hydrogens is 522 g/mol. The second-order valence-corrected chi connectivity index (χ2v) is 10.6. The lowest BCUT2D eigenvalue weighted by Gasteiger charge is -2.25. The van der Waals surface area contributed by atoms with Gasteiger partial charge >= 0.3 is 5.97 Å². The summed E-state index contributed by atoms with van der Waals surface area (Å²) in [5.41, 5.74) is 3.44. The number of rotatable bonds is 7. The molecule has 0 spiro atoms. The van der Waals surface area contributed by atoms with Crippen molar-refractivity contribution in [1.29, 1.82) is 5.26 Å². The summed E-state index contributed by atoms with van der Waals surface area (Å²) in [4.78, 5) is 32.3. The maximum atomic E-state index is 13.9. The zero-order valence-corrected chi connectivity index (χ0v) is 23.1. The molecule has 1 aliphatic rings. The van der Waals surface area contributed by atoms with Gasteiger partial charge in [-0.25, -0.2) is 9.79 Å². The lowest BCUT2D eigenvalue weighted by molar-refractivity contribution is -0.143. The average Bonchev–Trinajstić information content (AvgIpc) is 3.25. The van der Waals surface area contributed by atoms with Crippen molar-refractivity contribution in [2.75, 3.05) is 0 Å². The molecule has 1 aliphatic heterocycles. The predicted octanol–water partition coefficient (Wildman–Crippen LogP) is 4.64. The van der Waals surface area contributed by atoms with Crippen molar-refractivity contribution in [3.63, 3.8) is 0 Å². The van der Waals surface area contributed by atoms with Crippen molar-refractivity contribution in [2.24, 2.45) is 4.99 Å². The Bertz CT molecular complexity index is 1830. The Balaban J connectivity index is 1.59. The van der Waals surface area contributed by atoms with Crippen LogP contribution in [0, 0.1) is 11.3 Å². The van der Waals surface area contributed by atoms with Gasteiger partial charge in [0, 0.05) is 11.1 Å². The minimum absolute atomic E-state index is 0.213. The van der Waals surface area contributed by atoms with Gasteiger partial charge in [-0.2, -0.15) is 5.26 Å². The number of carbonyl (C=O) groups excluding carboxylic acids is 1. The monoisotopic (exact) mass is 549 g/mol. The molecule has 4 aromatic rings. The molecule has 5 rings (SSSR count). The summed E-state index contributed by atoms with van der Waals surface area (Å²) in [6, 6.07) is 25.7. The fourth-order valence-electron chi connectivity index (χ4n) is 4.59. The van der Waals surface area contributed by atoms with Crippen LogP contribution in [-0.2, 0) is 16.1 Å². The Labute approximate surface area is 235 Å². The minimum atomic E-state index is -0.667. The van der Waals surface area contributed by atoms with Crippen LogP contribution in [0.15, 0.2) is 99.9 Å². The molecule has 1 atom stereocenters. The van der Waals surface area contributed by atoms with E-state index >= 15 is 0 Å². The molecule has 7 nitrogen and oxygen atoms in total. The molecule has 200 valence electrons. The first-order valence-corrected chi connectivity index (χ1v) is 13.7. The van der Waals surface area contributed by atoms with Crippen LogP contribution in [-0.4, -0.2) is 16.6 Å². The lowest BCUT2D eigenvalue weighted by atomic mass is 9.96. The molecule has 0 saturated carbocycles. The van der Waals surface area contributed by atoms with Crippen molar-refractivity contribution in [1.82, 2.24) is 4.57 Å². The molecule has 0 amide bonds. The van der Waals surface area contributed by atoms with E-state index in [1.54, 1.807) is 37.5 Å². The quantitative estimate of drug-likeness (QED) is 0.313. The smallest absolute Gasteiger partial charge is 0.338 e. The third-order valence-corrected chi connectivity index (χ3v) is 7.41.